The molecular weight excluding hydrogens is 264 g/mol. The third-order valence-electron chi connectivity index (χ3n) is 4.63. The molecule has 2 aliphatic heterocycles. The number of hydrogen-bond donors (Lipinski definition) is 1. The summed E-state index contributed by atoms with van der Waals surface area (Å²) >= 11 is 0. The number of ether oxygens (including phenoxy) is 1. The van der Waals surface area contributed by atoms with Crippen molar-refractivity contribution in [2.75, 3.05) is 26.8 Å². The van der Waals surface area contributed by atoms with Crippen LogP contribution in [-0.2, 0) is 22.5 Å². The molecule has 0 spiro atoms. The normalized spacial score (nSPS) is 22.6. The summed E-state index contributed by atoms with van der Waals surface area (Å²) in [6.07, 6.45) is 2.93. The lowest BCUT2D eigenvalue weighted by Gasteiger charge is -2.32. The minimum atomic E-state index is -0.0789. The lowest BCUT2D eigenvalue weighted by atomic mass is 9.94. The van der Waals surface area contributed by atoms with Gasteiger partial charge >= 0.3 is 0 Å². The van der Waals surface area contributed by atoms with Gasteiger partial charge in [-0.1, -0.05) is 24.3 Å². The minimum absolute atomic E-state index is 0.0789. The molecule has 1 atom stereocenters. The maximum absolute atomic E-state index is 12.6. The molecule has 0 radical (unpaired) electrons. The highest BCUT2D eigenvalue weighted by Crippen LogP contribution is 2.19. The third-order valence-corrected chi connectivity index (χ3v) is 4.63. The van der Waals surface area contributed by atoms with Crippen LogP contribution in [0.2, 0.25) is 0 Å². The van der Waals surface area contributed by atoms with Gasteiger partial charge in [-0.3, -0.25) is 4.79 Å². The molecule has 2 heterocycles. The van der Waals surface area contributed by atoms with Crippen LogP contribution in [0, 0.1) is 5.92 Å². The van der Waals surface area contributed by atoms with E-state index in [2.05, 4.69) is 29.6 Å². The van der Waals surface area contributed by atoms with Gasteiger partial charge in [-0.2, -0.15) is 0 Å². The van der Waals surface area contributed by atoms with E-state index in [1.807, 2.05) is 11.9 Å². The third kappa shape index (κ3) is 3.44. The first-order valence-corrected chi connectivity index (χ1v) is 7.87. The molecule has 1 saturated heterocycles. The largest absolute Gasteiger partial charge is 0.381 e. The first kappa shape index (κ1) is 14.5. The maximum atomic E-state index is 12.6. The molecule has 1 fully saturated rings. The molecule has 21 heavy (non-hydrogen) atoms. The van der Waals surface area contributed by atoms with Crippen LogP contribution in [0.5, 0.6) is 0 Å². The molecule has 0 aliphatic carbocycles. The van der Waals surface area contributed by atoms with Crippen LogP contribution >= 0.6 is 0 Å². The number of carbonyl (C=O) groups is 1. The predicted molar refractivity (Wildman–Crippen MR) is 82.0 cm³/mol. The summed E-state index contributed by atoms with van der Waals surface area (Å²) in [5.74, 6) is 0.805. The smallest absolute Gasteiger partial charge is 0.239 e. The molecule has 1 aromatic carbocycles. The Morgan fingerprint density at radius 1 is 1.29 bits per heavy atom. The molecule has 1 amide bonds. The molecule has 4 nitrogen and oxygen atoms in total. The fourth-order valence-electron chi connectivity index (χ4n) is 3.30. The van der Waals surface area contributed by atoms with Crippen LogP contribution in [0.1, 0.15) is 24.0 Å². The van der Waals surface area contributed by atoms with E-state index in [1.165, 1.54) is 11.1 Å². The Balaban J connectivity index is 1.58. The van der Waals surface area contributed by atoms with E-state index in [-0.39, 0.29) is 11.9 Å². The van der Waals surface area contributed by atoms with Gasteiger partial charge < -0.3 is 15.0 Å². The van der Waals surface area contributed by atoms with Crippen LogP contribution in [0.4, 0.5) is 0 Å². The SMILES string of the molecule is CN(CC1CCOCC1)C(=O)C1Cc2ccccc2CN1. The molecule has 114 valence electrons. The van der Waals surface area contributed by atoms with Gasteiger partial charge in [0, 0.05) is 33.4 Å². The number of hydrogen-bond acceptors (Lipinski definition) is 3. The molecule has 1 N–H and O–H groups in total. The molecule has 2 aliphatic rings. The zero-order valence-electron chi connectivity index (χ0n) is 12.7. The zero-order valence-corrected chi connectivity index (χ0v) is 12.7. The highest BCUT2D eigenvalue weighted by atomic mass is 16.5. The molecule has 1 unspecified atom stereocenters. The van der Waals surface area contributed by atoms with E-state index < -0.39 is 0 Å². The number of benzene rings is 1. The molecule has 0 saturated carbocycles. The fraction of sp³-hybridized carbons (Fsp3) is 0.588. The van der Waals surface area contributed by atoms with Crippen LogP contribution < -0.4 is 5.32 Å². The summed E-state index contributed by atoms with van der Waals surface area (Å²) in [4.78, 5) is 14.5. The summed E-state index contributed by atoms with van der Waals surface area (Å²) in [6, 6.07) is 8.30. The standard InChI is InChI=1S/C17H24N2O2/c1-19(12-13-6-8-21-9-7-13)17(20)16-10-14-4-2-3-5-15(14)11-18-16/h2-5,13,16,18H,6-12H2,1H3. The van der Waals surface area contributed by atoms with Crippen molar-refractivity contribution in [3.05, 3.63) is 35.4 Å². The van der Waals surface area contributed by atoms with Gasteiger partial charge in [0.2, 0.25) is 5.91 Å². The van der Waals surface area contributed by atoms with Crippen molar-refractivity contribution < 1.29 is 9.53 Å². The number of fused-ring (bicyclic) bond motifs is 1. The average molecular weight is 288 g/mol. The van der Waals surface area contributed by atoms with E-state index in [1.54, 1.807) is 0 Å². The predicted octanol–water partition coefficient (Wildman–Crippen LogP) is 1.59. The second-order valence-corrected chi connectivity index (χ2v) is 6.18. The number of carbonyl (C=O) groups excluding carboxylic acids is 1. The van der Waals surface area contributed by atoms with Crippen molar-refractivity contribution >= 4 is 5.91 Å². The minimum Gasteiger partial charge on any atom is -0.381 e. The fourth-order valence-corrected chi connectivity index (χ4v) is 3.30. The van der Waals surface area contributed by atoms with Gasteiger partial charge in [0.25, 0.3) is 0 Å². The van der Waals surface area contributed by atoms with Crippen LogP contribution in [0.15, 0.2) is 24.3 Å². The highest BCUT2D eigenvalue weighted by Gasteiger charge is 2.27. The Labute approximate surface area is 126 Å². The number of rotatable bonds is 3. The van der Waals surface area contributed by atoms with Gasteiger partial charge in [-0.25, -0.2) is 0 Å². The van der Waals surface area contributed by atoms with E-state index in [0.29, 0.717) is 5.92 Å². The monoisotopic (exact) mass is 288 g/mol. The molecule has 0 aromatic heterocycles. The van der Waals surface area contributed by atoms with Gasteiger partial charge in [0.1, 0.15) is 0 Å². The molecule has 4 heteroatoms. The summed E-state index contributed by atoms with van der Waals surface area (Å²) in [7, 11) is 1.93. The lowest BCUT2D eigenvalue weighted by Crippen LogP contribution is -2.49. The molecule has 3 rings (SSSR count). The van der Waals surface area contributed by atoms with Crippen LogP contribution in [-0.4, -0.2) is 43.7 Å². The lowest BCUT2D eigenvalue weighted by molar-refractivity contribution is -0.133. The number of nitrogens with zero attached hydrogens (tertiary/aromatic N) is 1. The second kappa shape index (κ2) is 6.58. The van der Waals surface area contributed by atoms with Crippen molar-refractivity contribution in [3.8, 4) is 0 Å². The first-order chi connectivity index (χ1) is 10.2. The Hall–Kier alpha value is -1.39. The van der Waals surface area contributed by atoms with E-state index in [9.17, 15) is 4.79 Å². The van der Waals surface area contributed by atoms with Crippen molar-refractivity contribution in [1.29, 1.82) is 0 Å². The van der Waals surface area contributed by atoms with Crippen LogP contribution in [0.3, 0.4) is 0 Å². The summed E-state index contributed by atoms with van der Waals surface area (Å²) in [6.45, 7) is 3.31. The highest BCUT2D eigenvalue weighted by molar-refractivity contribution is 5.82. The van der Waals surface area contributed by atoms with Crippen LogP contribution in [0.25, 0.3) is 0 Å². The summed E-state index contributed by atoms with van der Waals surface area (Å²) in [5.41, 5.74) is 2.61. The van der Waals surface area contributed by atoms with Crippen molar-refractivity contribution in [2.24, 2.45) is 5.92 Å². The maximum Gasteiger partial charge on any atom is 0.239 e. The van der Waals surface area contributed by atoms with Gasteiger partial charge in [-0.05, 0) is 36.3 Å². The quantitative estimate of drug-likeness (QED) is 0.918. The van der Waals surface area contributed by atoms with Crippen molar-refractivity contribution in [2.45, 2.75) is 31.8 Å². The van der Waals surface area contributed by atoms with Gasteiger partial charge in [0.15, 0.2) is 0 Å². The second-order valence-electron chi connectivity index (χ2n) is 6.18. The Morgan fingerprint density at radius 3 is 2.76 bits per heavy atom. The summed E-state index contributed by atoms with van der Waals surface area (Å²) in [5, 5.41) is 3.38. The Kier molecular flexibility index (Phi) is 4.56. The van der Waals surface area contributed by atoms with Crippen molar-refractivity contribution in [1.82, 2.24) is 10.2 Å². The number of amides is 1. The first-order valence-electron chi connectivity index (χ1n) is 7.87. The molecule has 1 aromatic rings. The zero-order chi connectivity index (χ0) is 14.7. The average Bonchev–Trinajstić information content (AvgIpc) is 2.54. The molecule has 0 bridgehead atoms. The Morgan fingerprint density at radius 2 is 2.00 bits per heavy atom. The van der Waals surface area contributed by atoms with E-state index >= 15 is 0 Å². The number of nitrogens with one attached hydrogen (secondary N) is 1. The summed E-state index contributed by atoms with van der Waals surface area (Å²) < 4.78 is 5.38. The Bertz CT molecular complexity index is 497. The van der Waals surface area contributed by atoms with Gasteiger partial charge in [-0.15, -0.1) is 0 Å². The van der Waals surface area contributed by atoms with Crippen molar-refractivity contribution in [3.63, 3.8) is 0 Å². The topological polar surface area (TPSA) is 41.6 Å². The molecular formula is C17H24N2O2. The number of likely N-dealkylation sites (N-methyl/N-ethyl adjacent to an activating group) is 1. The van der Waals surface area contributed by atoms with Gasteiger partial charge in [0.05, 0.1) is 6.04 Å². The van der Waals surface area contributed by atoms with E-state index in [0.717, 1.165) is 45.6 Å². The van der Waals surface area contributed by atoms with E-state index in [4.69, 9.17) is 4.74 Å².